The number of nitrogens with zero attached hydrogens (tertiary/aromatic N) is 2. The molecule has 2 atom stereocenters. The largest absolute Gasteiger partial charge is 0.480 e. The van der Waals surface area contributed by atoms with Gasteiger partial charge in [-0.25, -0.2) is 8.42 Å². The van der Waals surface area contributed by atoms with Gasteiger partial charge in [-0.2, -0.15) is 4.31 Å². The van der Waals surface area contributed by atoms with Gasteiger partial charge in [0.1, 0.15) is 6.54 Å². The number of rotatable bonds is 7. The lowest BCUT2D eigenvalue weighted by atomic mass is 10.1. The molecule has 0 spiro atoms. The van der Waals surface area contributed by atoms with Crippen LogP contribution in [0.3, 0.4) is 0 Å². The average molecular weight is 378 g/mol. The first-order valence-electron chi connectivity index (χ1n) is 8.43. The summed E-state index contributed by atoms with van der Waals surface area (Å²) in [4.78, 5) is 24.9. The maximum absolute atomic E-state index is 12.4. The normalized spacial score (nSPS) is 25.1. The number of hydrogen-bond acceptors (Lipinski definition) is 6. The highest BCUT2D eigenvalue weighted by Crippen LogP contribution is 2.18. The molecule has 1 N–H and O–H groups in total. The molecule has 2 rings (SSSR count). The molecule has 2 unspecified atom stereocenters. The predicted molar refractivity (Wildman–Crippen MR) is 88.6 cm³/mol. The molecule has 0 aromatic heterocycles. The van der Waals surface area contributed by atoms with Gasteiger partial charge in [0.2, 0.25) is 15.9 Å². The number of ether oxygens (including phenoxy) is 2. The van der Waals surface area contributed by atoms with Gasteiger partial charge < -0.3 is 19.5 Å². The van der Waals surface area contributed by atoms with Crippen LogP contribution in [0.15, 0.2) is 0 Å². The van der Waals surface area contributed by atoms with Crippen LogP contribution in [-0.2, 0) is 29.1 Å². The molecule has 0 aromatic carbocycles. The van der Waals surface area contributed by atoms with Crippen LogP contribution in [0.25, 0.3) is 0 Å². The minimum absolute atomic E-state index is 0.0376. The second kappa shape index (κ2) is 8.93. The van der Waals surface area contributed by atoms with Gasteiger partial charge in [0.25, 0.3) is 0 Å². The minimum Gasteiger partial charge on any atom is -0.480 e. The van der Waals surface area contributed by atoms with Crippen molar-refractivity contribution >= 4 is 21.9 Å². The smallest absolute Gasteiger partial charge is 0.318 e. The Morgan fingerprint density at radius 3 is 2.52 bits per heavy atom. The third-order valence-corrected chi connectivity index (χ3v) is 5.57. The maximum atomic E-state index is 12.4. The van der Waals surface area contributed by atoms with Crippen LogP contribution in [-0.4, -0.2) is 92.5 Å². The molecule has 1 amide bonds. The van der Waals surface area contributed by atoms with Crippen LogP contribution >= 0.6 is 0 Å². The summed E-state index contributed by atoms with van der Waals surface area (Å²) in [5, 5.41) is 8.87. The predicted octanol–water partition coefficient (Wildman–Crippen LogP) is -0.481. The third-order valence-electron chi connectivity index (χ3n) is 4.36. The number of carbonyl (C=O) groups is 2. The minimum atomic E-state index is -3.67. The molecule has 144 valence electrons. The van der Waals surface area contributed by atoms with Gasteiger partial charge in [0.05, 0.1) is 31.5 Å². The number of carbonyl (C=O) groups excluding carboxylic acids is 1. The molecule has 2 fully saturated rings. The highest BCUT2D eigenvalue weighted by Gasteiger charge is 2.30. The van der Waals surface area contributed by atoms with E-state index < -0.39 is 28.6 Å². The van der Waals surface area contributed by atoms with Crippen molar-refractivity contribution in [1.82, 2.24) is 9.21 Å². The number of amides is 1. The van der Waals surface area contributed by atoms with Crippen LogP contribution in [0.4, 0.5) is 0 Å². The van der Waals surface area contributed by atoms with Crippen molar-refractivity contribution in [3.63, 3.8) is 0 Å². The topological polar surface area (TPSA) is 113 Å². The number of morpholine rings is 1. The summed E-state index contributed by atoms with van der Waals surface area (Å²) < 4.78 is 35.4. The van der Waals surface area contributed by atoms with E-state index in [4.69, 9.17) is 14.6 Å². The molecular formula is C15H26N2O7S. The quantitative estimate of drug-likeness (QED) is 0.636. The Morgan fingerprint density at radius 2 is 1.92 bits per heavy atom. The van der Waals surface area contributed by atoms with Crippen molar-refractivity contribution < 1.29 is 32.6 Å². The monoisotopic (exact) mass is 378 g/mol. The number of carboxylic acid groups (broad SMARTS) is 1. The van der Waals surface area contributed by atoms with Crippen LogP contribution in [0, 0.1) is 0 Å². The zero-order chi connectivity index (χ0) is 18.4. The molecule has 0 saturated carbocycles. The van der Waals surface area contributed by atoms with E-state index in [1.807, 2.05) is 0 Å². The Hall–Kier alpha value is -1.23. The summed E-state index contributed by atoms with van der Waals surface area (Å²) in [6, 6.07) is 0. The summed E-state index contributed by atoms with van der Waals surface area (Å²) >= 11 is 0. The van der Waals surface area contributed by atoms with Gasteiger partial charge in [0.15, 0.2) is 0 Å². The average Bonchev–Trinajstić information content (AvgIpc) is 2.54. The fourth-order valence-electron chi connectivity index (χ4n) is 3.04. The summed E-state index contributed by atoms with van der Waals surface area (Å²) in [5.74, 6) is -1.27. The van der Waals surface area contributed by atoms with E-state index in [0.717, 1.165) is 29.8 Å². The van der Waals surface area contributed by atoms with Gasteiger partial charge in [-0.15, -0.1) is 0 Å². The van der Waals surface area contributed by atoms with Crippen LogP contribution in [0.5, 0.6) is 0 Å². The fourth-order valence-corrected chi connectivity index (χ4v) is 3.83. The van der Waals surface area contributed by atoms with Gasteiger partial charge >= 0.3 is 5.97 Å². The lowest BCUT2D eigenvalue weighted by Gasteiger charge is -2.35. The second-order valence-electron chi connectivity index (χ2n) is 6.47. The van der Waals surface area contributed by atoms with Crippen molar-refractivity contribution in [2.24, 2.45) is 0 Å². The highest BCUT2D eigenvalue weighted by atomic mass is 32.2. The number of sulfonamides is 1. The van der Waals surface area contributed by atoms with Crippen molar-refractivity contribution in [3.05, 3.63) is 0 Å². The Morgan fingerprint density at radius 1 is 1.20 bits per heavy atom. The Labute approximate surface area is 147 Å². The highest BCUT2D eigenvalue weighted by molar-refractivity contribution is 7.88. The Balaban J connectivity index is 1.90. The molecule has 0 aliphatic carbocycles. The third kappa shape index (κ3) is 6.53. The molecule has 9 nitrogen and oxygen atoms in total. The molecule has 0 bridgehead atoms. The van der Waals surface area contributed by atoms with E-state index in [1.165, 1.54) is 0 Å². The van der Waals surface area contributed by atoms with E-state index in [9.17, 15) is 18.0 Å². The van der Waals surface area contributed by atoms with Crippen LogP contribution in [0.2, 0.25) is 0 Å². The number of carboxylic acids is 1. The Bertz CT molecular complexity index is 574. The van der Waals surface area contributed by atoms with Gasteiger partial charge in [-0.3, -0.25) is 9.59 Å². The van der Waals surface area contributed by atoms with E-state index in [2.05, 4.69) is 0 Å². The fraction of sp³-hybridized carbons (Fsp3) is 0.867. The molecule has 2 heterocycles. The zero-order valence-electron chi connectivity index (χ0n) is 14.4. The molecular weight excluding hydrogens is 352 g/mol. The molecule has 10 heteroatoms. The van der Waals surface area contributed by atoms with Crippen molar-refractivity contribution in [1.29, 1.82) is 0 Å². The SMILES string of the molecule is CS(=O)(=O)N(CC(=O)O)CC1CN(C(=O)CC2CCCCO2)CCO1. The summed E-state index contributed by atoms with van der Waals surface area (Å²) in [5.41, 5.74) is 0. The molecule has 0 aromatic rings. The van der Waals surface area contributed by atoms with Crippen LogP contribution < -0.4 is 0 Å². The van der Waals surface area contributed by atoms with Crippen LogP contribution in [0.1, 0.15) is 25.7 Å². The number of hydrogen-bond donors (Lipinski definition) is 1. The summed E-state index contributed by atoms with van der Waals surface area (Å²) in [6.07, 6.45) is 3.64. The van der Waals surface area contributed by atoms with E-state index in [-0.39, 0.29) is 25.1 Å². The lowest BCUT2D eigenvalue weighted by Crippen LogP contribution is -2.51. The molecule has 0 radical (unpaired) electrons. The summed E-state index contributed by atoms with van der Waals surface area (Å²) in [7, 11) is -3.67. The molecule has 2 aliphatic heterocycles. The van der Waals surface area contributed by atoms with Gasteiger partial charge in [-0.05, 0) is 19.3 Å². The first-order valence-corrected chi connectivity index (χ1v) is 10.3. The van der Waals surface area contributed by atoms with E-state index >= 15 is 0 Å². The first-order chi connectivity index (χ1) is 11.8. The van der Waals surface area contributed by atoms with Gasteiger partial charge in [-0.1, -0.05) is 0 Å². The molecule has 2 saturated heterocycles. The van der Waals surface area contributed by atoms with Crippen molar-refractivity contribution in [2.45, 2.75) is 37.9 Å². The number of aliphatic carboxylic acids is 1. The van der Waals surface area contributed by atoms with Crippen molar-refractivity contribution in [2.75, 3.05) is 45.6 Å². The lowest BCUT2D eigenvalue weighted by molar-refractivity contribution is -0.144. The Kier molecular flexibility index (Phi) is 7.17. The van der Waals surface area contributed by atoms with E-state index in [1.54, 1.807) is 4.90 Å². The molecule has 2 aliphatic rings. The maximum Gasteiger partial charge on any atom is 0.318 e. The second-order valence-corrected chi connectivity index (χ2v) is 8.46. The van der Waals surface area contributed by atoms with E-state index in [0.29, 0.717) is 26.2 Å². The zero-order valence-corrected chi connectivity index (χ0v) is 15.2. The van der Waals surface area contributed by atoms with Crippen molar-refractivity contribution in [3.8, 4) is 0 Å². The first kappa shape index (κ1) is 20.1. The molecule has 25 heavy (non-hydrogen) atoms. The standard InChI is InChI=1S/C15H26N2O7S/c1-25(21,22)17(11-15(19)20)10-13-9-16(5-7-24-13)14(18)8-12-4-2-3-6-23-12/h12-13H,2-11H2,1H3,(H,19,20). The summed E-state index contributed by atoms with van der Waals surface area (Å²) in [6.45, 7) is 0.962. The van der Waals surface area contributed by atoms with Gasteiger partial charge in [0, 0.05) is 26.2 Å².